The van der Waals surface area contributed by atoms with Gasteiger partial charge in [-0.1, -0.05) is 12.7 Å². The van der Waals surface area contributed by atoms with Gasteiger partial charge in [0.15, 0.2) is 0 Å². The maximum absolute atomic E-state index is 13.5. The van der Waals surface area contributed by atoms with Gasteiger partial charge < -0.3 is 5.11 Å². The topological polar surface area (TPSA) is 86.7 Å². The molecule has 1 aliphatic rings. The first-order valence-corrected chi connectivity index (χ1v) is 7.86. The summed E-state index contributed by atoms with van der Waals surface area (Å²) in [5.74, 6) is -5.41. The number of carbonyl (C=O) groups is 3. The summed E-state index contributed by atoms with van der Waals surface area (Å²) in [4.78, 5) is 35.1. The number of carboxylic acid groups (broad SMARTS) is 1. The van der Waals surface area contributed by atoms with Crippen LogP contribution in [-0.4, -0.2) is 33.8 Å². The number of allylic oxidation sites excluding steroid dienone is 5. The predicted octanol–water partition coefficient (Wildman–Crippen LogP) is 3.10. The van der Waals surface area contributed by atoms with E-state index < -0.39 is 23.7 Å². The molecule has 2 amide bonds. The fraction of sp³-hybridized carbons (Fsp3) is 0.389. The second-order valence-corrected chi connectivity index (χ2v) is 6.15. The van der Waals surface area contributed by atoms with E-state index in [0.29, 0.717) is 0 Å². The van der Waals surface area contributed by atoms with Crippen LogP contribution in [0.15, 0.2) is 46.7 Å². The molecule has 0 aromatic carbocycles. The molecule has 0 unspecified atom stereocenters. The van der Waals surface area contributed by atoms with E-state index in [-0.39, 0.29) is 40.8 Å². The highest BCUT2D eigenvalue weighted by atomic mass is 19.3. The minimum Gasteiger partial charge on any atom is -0.481 e. The third kappa shape index (κ3) is 5.11. The van der Waals surface area contributed by atoms with Crippen molar-refractivity contribution in [1.82, 2.24) is 10.4 Å². The van der Waals surface area contributed by atoms with E-state index in [0.717, 1.165) is 11.9 Å². The Morgan fingerprint density at radius 2 is 1.85 bits per heavy atom. The van der Waals surface area contributed by atoms with Crippen molar-refractivity contribution in [3.05, 3.63) is 46.7 Å². The number of hydrogen-bond acceptors (Lipinski definition) is 4. The third-order valence-corrected chi connectivity index (χ3v) is 3.75. The Morgan fingerprint density at radius 1 is 1.27 bits per heavy atom. The Labute approximate surface area is 150 Å². The lowest BCUT2D eigenvalue weighted by molar-refractivity contribution is -0.140. The van der Waals surface area contributed by atoms with Crippen LogP contribution < -0.4 is 5.43 Å². The molecule has 8 heteroatoms. The van der Waals surface area contributed by atoms with Crippen LogP contribution in [0.5, 0.6) is 0 Å². The van der Waals surface area contributed by atoms with Gasteiger partial charge in [-0.2, -0.15) is 5.01 Å². The van der Waals surface area contributed by atoms with Crippen LogP contribution in [0.3, 0.4) is 0 Å². The minimum atomic E-state index is -3.08. The van der Waals surface area contributed by atoms with Crippen molar-refractivity contribution in [2.75, 3.05) is 0 Å². The lowest BCUT2D eigenvalue weighted by Gasteiger charge is -2.18. The number of carboxylic acids is 1. The first-order valence-electron chi connectivity index (χ1n) is 7.86. The molecule has 0 atom stereocenters. The minimum absolute atomic E-state index is 0.0611. The normalized spacial score (nSPS) is 16.5. The number of nitrogens with one attached hydrogen (secondary N) is 1. The molecule has 0 spiro atoms. The highest BCUT2D eigenvalue weighted by molar-refractivity contribution is 6.18. The molecule has 0 radical (unpaired) electrons. The largest absolute Gasteiger partial charge is 0.481 e. The van der Waals surface area contributed by atoms with Crippen molar-refractivity contribution in [1.29, 1.82) is 0 Å². The molecular weight excluding hydrogens is 346 g/mol. The number of hydrogen-bond donors (Lipinski definition) is 2. The molecule has 0 saturated heterocycles. The summed E-state index contributed by atoms with van der Waals surface area (Å²) < 4.78 is 27.0. The van der Waals surface area contributed by atoms with Crippen LogP contribution in [0.25, 0.3) is 0 Å². The van der Waals surface area contributed by atoms with Crippen molar-refractivity contribution in [3.63, 3.8) is 0 Å². The summed E-state index contributed by atoms with van der Waals surface area (Å²) >= 11 is 0. The fourth-order valence-electron chi connectivity index (χ4n) is 2.40. The first-order chi connectivity index (χ1) is 11.9. The van der Waals surface area contributed by atoms with E-state index in [1.807, 2.05) is 0 Å². The summed E-state index contributed by atoms with van der Waals surface area (Å²) in [5, 5.41) is 9.47. The zero-order chi connectivity index (χ0) is 20.2. The van der Waals surface area contributed by atoms with Gasteiger partial charge in [0.1, 0.15) is 0 Å². The molecule has 0 aromatic heterocycles. The smallest absolute Gasteiger partial charge is 0.303 e. The van der Waals surface area contributed by atoms with Crippen LogP contribution in [-0.2, 0) is 14.4 Å². The van der Waals surface area contributed by atoms with Crippen molar-refractivity contribution in [2.45, 2.75) is 46.5 Å². The number of hydrazine groups is 1. The van der Waals surface area contributed by atoms with Gasteiger partial charge in [-0.25, -0.2) is 8.78 Å². The Kier molecular flexibility index (Phi) is 6.60. The van der Waals surface area contributed by atoms with E-state index in [1.165, 1.54) is 32.9 Å². The summed E-state index contributed by atoms with van der Waals surface area (Å²) in [7, 11) is 0. The van der Waals surface area contributed by atoms with Crippen LogP contribution in [0, 0.1) is 0 Å². The van der Waals surface area contributed by atoms with Crippen molar-refractivity contribution < 1.29 is 28.3 Å². The Hall–Kier alpha value is -2.77. The van der Waals surface area contributed by atoms with Gasteiger partial charge in [-0.05, 0) is 38.8 Å². The SMILES string of the molecule is C=C(C)/C(=C\C=C(/C)NN1C(=O)C(C)=C(CCC(=O)O)C1=O)C(C)(F)F. The zero-order valence-electron chi connectivity index (χ0n) is 15.2. The van der Waals surface area contributed by atoms with E-state index in [2.05, 4.69) is 12.0 Å². The van der Waals surface area contributed by atoms with Crippen molar-refractivity contribution in [2.24, 2.45) is 0 Å². The molecular formula is C18H22F2N2O4. The Bertz CT molecular complexity index is 743. The fourth-order valence-corrected chi connectivity index (χ4v) is 2.40. The van der Waals surface area contributed by atoms with Crippen molar-refractivity contribution >= 4 is 17.8 Å². The standard InChI is InChI=1S/C18H22F2N2O4/c1-10(2)14(18(5,19)20)8-6-11(3)21-22-16(25)12(4)13(17(22)26)7-9-15(23)24/h6,8,21H,1,7,9H2,2-5H3,(H,23,24)/b11-6+,14-8+. The molecule has 1 rings (SSSR count). The van der Waals surface area contributed by atoms with E-state index in [9.17, 15) is 23.2 Å². The van der Waals surface area contributed by atoms with Gasteiger partial charge >= 0.3 is 5.97 Å². The second kappa shape index (κ2) is 8.07. The average molecular weight is 368 g/mol. The molecule has 1 aliphatic heterocycles. The quantitative estimate of drug-likeness (QED) is 0.508. The molecule has 1 heterocycles. The monoisotopic (exact) mass is 368 g/mol. The molecule has 26 heavy (non-hydrogen) atoms. The molecule has 0 saturated carbocycles. The number of carbonyl (C=O) groups excluding carboxylic acids is 2. The summed E-state index contributed by atoms with van der Waals surface area (Å²) in [5.41, 5.74) is 3.05. The predicted molar refractivity (Wildman–Crippen MR) is 91.8 cm³/mol. The van der Waals surface area contributed by atoms with Crippen LogP contribution in [0.1, 0.15) is 40.5 Å². The number of imide groups is 1. The van der Waals surface area contributed by atoms with Crippen LogP contribution in [0.4, 0.5) is 8.78 Å². The van der Waals surface area contributed by atoms with Gasteiger partial charge in [-0.15, -0.1) is 0 Å². The first kappa shape index (κ1) is 21.3. The molecule has 0 bridgehead atoms. The van der Waals surface area contributed by atoms with Gasteiger partial charge in [0.2, 0.25) is 0 Å². The van der Waals surface area contributed by atoms with Gasteiger partial charge in [-0.3, -0.25) is 19.8 Å². The van der Waals surface area contributed by atoms with E-state index >= 15 is 0 Å². The zero-order valence-corrected chi connectivity index (χ0v) is 15.2. The number of rotatable bonds is 8. The molecule has 6 nitrogen and oxygen atoms in total. The third-order valence-electron chi connectivity index (χ3n) is 3.75. The van der Waals surface area contributed by atoms with Gasteiger partial charge in [0, 0.05) is 35.8 Å². The highest BCUT2D eigenvalue weighted by Gasteiger charge is 2.36. The molecule has 2 N–H and O–H groups in total. The lowest BCUT2D eigenvalue weighted by atomic mass is 10.0. The van der Waals surface area contributed by atoms with Crippen molar-refractivity contribution in [3.8, 4) is 0 Å². The van der Waals surface area contributed by atoms with Crippen LogP contribution >= 0.6 is 0 Å². The summed E-state index contributed by atoms with van der Waals surface area (Å²) in [6.45, 7) is 8.66. The molecule has 142 valence electrons. The van der Waals surface area contributed by atoms with Gasteiger partial charge in [0.25, 0.3) is 17.7 Å². The maximum Gasteiger partial charge on any atom is 0.303 e. The number of alkyl halides is 2. The number of aliphatic carboxylic acids is 1. The molecule has 0 aromatic rings. The number of nitrogens with zero attached hydrogens (tertiary/aromatic N) is 1. The average Bonchev–Trinajstić information content (AvgIpc) is 2.67. The number of halogens is 2. The molecule has 0 fully saturated rings. The maximum atomic E-state index is 13.5. The molecule has 0 aliphatic carbocycles. The summed E-state index contributed by atoms with van der Waals surface area (Å²) in [6, 6.07) is 0. The number of amides is 2. The second-order valence-electron chi connectivity index (χ2n) is 6.15. The summed E-state index contributed by atoms with van der Waals surface area (Å²) in [6.07, 6.45) is 2.15. The Balaban J connectivity index is 2.96. The Morgan fingerprint density at radius 3 is 2.31 bits per heavy atom. The van der Waals surface area contributed by atoms with E-state index in [1.54, 1.807) is 0 Å². The van der Waals surface area contributed by atoms with Gasteiger partial charge in [0.05, 0.1) is 0 Å². The lowest BCUT2D eigenvalue weighted by Crippen LogP contribution is -2.42. The highest BCUT2D eigenvalue weighted by Crippen LogP contribution is 2.28. The van der Waals surface area contributed by atoms with Crippen LogP contribution in [0.2, 0.25) is 0 Å². The van der Waals surface area contributed by atoms with E-state index in [4.69, 9.17) is 5.11 Å².